The molecule has 1 fully saturated rings. The standard InChI is InChI=1S/C12H19NS/c1-10-3-2-4-11(7-10)8-13-12-5-6-14-9-12/h5-6,9-11,13H,2-4,7-8H2,1H3. The van der Waals surface area contributed by atoms with Crippen molar-refractivity contribution in [2.75, 3.05) is 11.9 Å². The van der Waals surface area contributed by atoms with E-state index >= 15 is 0 Å². The summed E-state index contributed by atoms with van der Waals surface area (Å²) in [5.74, 6) is 1.84. The summed E-state index contributed by atoms with van der Waals surface area (Å²) >= 11 is 1.76. The summed E-state index contributed by atoms with van der Waals surface area (Å²) in [7, 11) is 0. The van der Waals surface area contributed by atoms with Crippen LogP contribution in [-0.4, -0.2) is 6.54 Å². The molecule has 1 aromatic heterocycles. The van der Waals surface area contributed by atoms with E-state index in [0.717, 1.165) is 11.8 Å². The van der Waals surface area contributed by atoms with Gasteiger partial charge in [0.1, 0.15) is 0 Å². The van der Waals surface area contributed by atoms with Crippen molar-refractivity contribution in [3.63, 3.8) is 0 Å². The molecule has 14 heavy (non-hydrogen) atoms. The third-order valence-electron chi connectivity index (χ3n) is 3.16. The van der Waals surface area contributed by atoms with Gasteiger partial charge in [-0.3, -0.25) is 0 Å². The third kappa shape index (κ3) is 2.74. The number of hydrogen-bond donors (Lipinski definition) is 1. The minimum atomic E-state index is 0.902. The van der Waals surface area contributed by atoms with E-state index in [1.807, 2.05) is 0 Å². The van der Waals surface area contributed by atoms with Crippen molar-refractivity contribution in [3.8, 4) is 0 Å². The highest BCUT2D eigenvalue weighted by Gasteiger charge is 2.18. The second-order valence-corrected chi connectivity index (χ2v) is 5.31. The van der Waals surface area contributed by atoms with Crippen molar-refractivity contribution in [1.29, 1.82) is 0 Å². The molecule has 1 nitrogen and oxygen atoms in total. The Labute approximate surface area is 90.5 Å². The topological polar surface area (TPSA) is 12.0 Å². The number of nitrogens with one attached hydrogen (secondary N) is 1. The molecular weight excluding hydrogens is 190 g/mol. The number of rotatable bonds is 3. The fraction of sp³-hybridized carbons (Fsp3) is 0.667. The average molecular weight is 209 g/mol. The fourth-order valence-electron chi connectivity index (χ4n) is 2.37. The van der Waals surface area contributed by atoms with Gasteiger partial charge in [0, 0.05) is 17.6 Å². The highest BCUT2D eigenvalue weighted by Crippen LogP contribution is 2.28. The Morgan fingerprint density at radius 1 is 1.50 bits per heavy atom. The molecule has 0 bridgehead atoms. The van der Waals surface area contributed by atoms with Crippen LogP contribution in [0.4, 0.5) is 5.69 Å². The molecule has 0 radical (unpaired) electrons. The van der Waals surface area contributed by atoms with E-state index in [0.29, 0.717) is 0 Å². The van der Waals surface area contributed by atoms with E-state index in [-0.39, 0.29) is 0 Å². The molecule has 1 aliphatic carbocycles. The second kappa shape index (κ2) is 4.83. The maximum absolute atomic E-state index is 3.53. The Balaban J connectivity index is 1.75. The van der Waals surface area contributed by atoms with Crippen LogP contribution in [0.15, 0.2) is 16.8 Å². The van der Waals surface area contributed by atoms with E-state index in [1.54, 1.807) is 11.3 Å². The van der Waals surface area contributed by atoms with Gasteiger partial charge in [-0.15, -0.1) is 0 Å². The molecule has 0 aliphatic heterocycles. The zero-order valence-corrected chi connectivity index (χ0v) is 9.65. The van der Waals surface area contributed by atoms with Crippen molar-refractivity contribution in [2.45, 2.75) is 32.6 Å². The summed E-state index contributed by atoms with van der Waals surface area (Å²) in [5, 5.41) is 7.84. The van der Waals surface area contributed by atoms with E-state index in [1.165, 1.54) is 37.9 Å². The summed E-state index contributed by atoms with van der Waals surface area (Å²) in [4.78, 5) is 0. The van der Waals surface area contributed by atoms with Gasteiger partial charge in [0.2, 0.25) is 0 Å². The van der Waals surface area contributed by atoms with Gasteiger partial charge in [0.15, 0.2) is 0 Å². The van der Waals surface area contributed by atoms with Gasteiger partial charge in [-0.05, 0) is 36.1 Å². The average Bonchev–Trinajstić information content (AvgIpc) is 2.67. The van der Waals surface area contributed by atoms with Crippen LogP contribution >= 0.6 is 11.3 Å². The second-order valence-electron chi connectivity index (χ2n) is 4.53. The van der Waals surface area contributed by atoms with Crippen molar-refractivity contribution in [2.24, 2.45) is 11.8 Å². The first-order valence-electron chi connectivity index (χ1n) is 5.60. The Hall–Kier alpha value is -0.500. The molecule has 1 N–H and O–H groups in total. The van der Waals surface area contributed by atoms with Crippen LogP contribution in [-0.2, 0) is 0 Å². The van der Waals surface area contributed by atoms with Crippen LogP contribution in [0.2, 0.25) is 0 Å². The first kappa shape index (κ1) is 10.0. The number of anilines is 1. The molecule has 1 saturated carbocycles. The molecule has 2 rings (SSSR count). The lowest BCUT2D eigenvalue weighted by Gasteiger charge is -2.26. The molecule has 2 unspecified atom stereocenters. The molecule has 0 spiro atoms. The molecular formula is C12H19NS. The Kier molecular flexibility index (Phi) is 3.46. The van der Waals surface area contributed by atoms with E-state index in [9.17, 15) is 0 Å². The zero-order valence-electron chi connectivity index (χ0n) is 8.83. The van der Waals surface area contributed by atoms with Crippen LogP contribution in [0.1, 0.15) is 32.6 Å². The molecule has 0 saturated heterocycles. The predicted molar refractivity (Wildman–Crippen MR) is 63.9 cm³/mol. The van der Waals surface area contributed by atoms with Gasteiger partial charge < -0.3 is 5.32 Å². The molecule has 2 heteroatoms. The molecule has 2 atom stereocenters. The summed E-state index contributed by atoms with van der Waals surface area (Å²) < 4.78 is 0. The lowest BCUT2D eigenvalue weighted by Crippen LogP contribution is -2.20. The maximum atomic E-state index is 3.53. The molecule has 0 amide bonds. The van der Waals surface area contributed by atoms with Crippen LogP contribution < -0.4 is 5.32 Å². The molecule has 1 heterocycles. The van der Waals surface area contributed by atoms with Gasteiger partial charge >= 0.3 is 0 Å². The van der Waals surface area contributed by atoms with Gasteiger partial charge in [0.25, 0.3) is 0 Å². The Morgan fingerprint density at radius 2 is 2.43 bits per heavy atom. The van der Waals surface area contributed by atoms with Crippen LogP contribution in [0, 0.1) is 11.8 Å². The van der Waals surface area contributed by atoms with Crippen LogP contribution in [0.5, 0.6) is 0 Å². The van der Waals surface area contributed by atoms with E-state index in [2.05, 4.69) is 29.1 Å². The smallest absolute Gasteiger partial charge is 0.0448 e. The minimum absolute atomic E-state index is 0.902. The molecule has 78 valence electrons. The fourth-order valence-corrected chi connectivity index (χ4v) is 2.98. The normalized spacial score (nSPS) is 27.5. The zero-order chi connectivity index (χ0) is 9.80. The SMILES string of the molecule is CC1CCCC(CNc2ccsc2)C1. The lowest BCUT2D eigenvalue weighted by atomic mass is 9.82. The van der Waals surface area contributed by atoms with Crippen LogP contribution in [0.3, 0.4) is 0 Å². The maximum Gasteiger partial charge on any atom is 0.0448 e. The molecule has 1 aromatic rings. The Bertz CT molecular complexity index is 255. The number of thiophene rings is 1. The minimum Gasteiger partial charge on any atom is -0.384 e. The predicted octanol–water partition coefficient (Wildman–Crippen LogP) is 3.99. The molecule has 1 aliphatic rings. The summed E-state index contributed by atoms with van der Waals surface area (Å²) in [5.41, 5.74) is 1.30. The lowest BCUT2D eigenvalue weighted by molar-refractivity contribution is 0.293. The first-order chi connectivity index (χ1) is 6.84. The largest absolute Gasteiger partial charge is 0.384 e. The van der Waals surface area contributed by atoms with Gasteiger partial charge in [0.05, 0.1) is 0 Å². The summed E-state index contributed by atoms with van der Waals surface area (Å²) in [6.45, 7) is 3.55. The van der Waals surface area contributed by atoms with Crippen molar-refractivity contribution in [3.05, 3.63) is 16.8 Å². The highest BCUT2D eigenvalue weighted by atomic mass is 32.1. The molecule has 0 aromatic carbocycles. The van der Waals surface area contributed by atoms with Crippen molar-refractivity contribution >= 4 is 17.0 Å². The van der Waals surface area contributed by atoms with E-state index < -0.39 is 0 Å². The number of hydrogen-bond acceptors (Lipinski definition) is 2. The summed E-state index contributed by atoms with van der Waals surface area (Å²) in [6.07, 6.45) is 5.70. The van der Waals surface area contributed by atoms with E-state index in [4.69, 9.17) is 0 Å². The quantitative estimate of drug-likeness (QED) is 0.794. The third-order valence-corrected chi connectivity index (χ3v) is 3.84. The van der Waals surface area contributed by atoms with Gasteiger partial charge in [-0.1, -0.05) is 19.8 Å². The first-order valence-corrected chi connectivity index (χ1v) is 6.55. The Morgan fingerprint density at radius 3 is 3.14 bits per heavy atom. The van der Waals surface area contributed by atoms with Crippen LogP contribution in [0.25, 0.3) is 0 Å². The van der Waals surface area contributed by atoms with Gasteiger partial charge in [-0.2, -0.15) is 11.3 Å². The van der Waals surface area contributed by atoms with Crippen molar-refractivity contribution in [1.82, 2.24) is 0 Å². The monoisotopic (exact) mass is 209 g/mol. The summed E-state index contributed by atoms with van der Waals surface area (Å²) in [6, 6.07) is 2.16. The van der Waals surface area contributed by atoms with Crippen molar-refractivity contribution < 1.29 is 0 Å². The highest BCUT2D eigenvalue weighted by molar-refractivity contribution is 7.08. The van der Waals surface area contributed by atoms with Gasteiger partial charge in [-0.25, -0.2) is 0 Å².